The average Bonchev–Trinajstić information content (AvgIpc) is 2.21. The van der Waals surface area contributed by atoms with Crippen LogP contribution in [0.4, 0.5) is 0 Å². The molecule has 1 fully saturated rings. The van der Waals surface area contributed by atoms with Crippen molar-refractivity contribution in [2.45, 2.75) is 31.5 Å². The van der Waals surface area contributed by atoms with Gasteiger partial charge in [-0.15, -0.1) is 0 Å². The topological polar surface area (TPSA) is 21.3 Å². The first-order chi connectivity index (χ1) is 7.69. The third-order valence-corrected chi connectivity index (χ3v) is 3.88. The lowest BCUT2D eigenvalue weighted by molar-refractivity contribution is 0.0170. The number of benzene rings is 1. The largest absolute Gasteiger partial charge is 0.381 e. The van der Waals surface area contributed by atoms with E-state index in [1.807, 2.05) is 12.1 Å². The number of rotatable bonds is 4. The molecule has 1 saturated carbocycles. The minimum atomic E-state index is 0.440. The number of hydrogen-bond acceptors (Lipinski definition) is 2. The average molecular weight is 305 g/mol. The maximum absolute atomic E-state index is 6.11. The zero-order valence-electron chi connectivity index (χ0n) is 9.17. The number of halogens is 2. The zero-order chi connectivity index (χ0) is 11.5. The van der Waals surface area contributed by atoms with Crippen molar-refractivity contribution in [3.63, 3.8) is 0 Å². The van der Waals surface area contributed by atoms with Gasteiger partial charge in [-0.25, -0.2) is 0 Å². The summed E-state index contributed by atoms with van der Waals surface area (Å²) >= 11 is 9.56. The Morgan fingerprint density at radius 2 is 2.25 bits per heavy atom. The van der Waals surface area contributed by atoms with Crippen LogP contribution in [0, 0.1) is 0 Å². The predicted molar refractivity (Wildman–Crippen MR) is 69.8 cm³/mol. The predicted octanol–water partition coefficient (Wildman–Crippen LogP) is 3.37. The second-order valence-corrected chi connectivity index (χ2v) is 5.47. The number of nitrogens with one attached hydrogen (secondary N) is 1. The van der Waals surface area contributed by atoms with Gasteiger partial charge in [0.2, 0.25) is 0 Å². The lowest BCUT2D eigenvalue weighted by atomic mass is 9.89. The molecule has 0 atom stereocenters. The number of methoxy groups -OCH3 is 1. The first-order valence-corrected chi connectivity index (χ1v) is 6.56. The molecule has 0 radical (unpaired) electrons. The number of ether oxygens (including phenoxy) is 1. The molecular formula is C12H15BrClNO. The number of hydrogen-bond donors (Lipinski definition) is 1. The fourth-order valence-corrected chi connectivity index (χ4v) is 2.45. The van der Waals surface area contributed by atoms with Gasteiger partial charge in [-0.2, -0.15) is 0 Å². The molecular weight excluding hydrogens is 289 g/mol. The van der Waals surface area contributed by atoms with E-state index in [-0.39, 0.29) is 0 Å². The molecule has 0 heterocycles. The molecule has 88 valence electrons. The maximum Gasteiger partial charge on any atom is 0.0601 e. The highest BCUT2D eigenvalue weighted by atomic mass is 79.9. The van der Waals surface area contributed by atoms with Crippen molar-refractivity contribution in [1.29, 1.82) is 0 Å². The van der Waals surface area contributed by atoms with Crippen LogP contribution in [0.25, 0.3) is 0 Å². The Balaban J connectivity index is 1.83. The van der Waals surface area contributed by atoms with Crippen molar-refractivity contribution in [2.75, 3.05) is 7.11 Å². The van der Waals surface area contributed by atoms with Crippen molar-refractivity contribution in [3.8, 4) is 0 Å². The first-order valence-electron chi connectivity index (χ1n) is 5.39. The van der Waals surface area contributed by atoms with Crippen LogP contribution in [-0.2, 0) is 11.3 Å². The monoisotopic (exact) mass is 303 g/mol. The van der Waals surface area contributed by atoms with Crippen molar-refractivity contribution in [2.24, 2.45) is 0 Å². The summed E-state index contributed by atoms with van der Waals surface area (Å²) in [4.78, 5) is 0. The molecule has 0 unspecified atom stereocenters. The second-order valence-electron chi connectivity index (χ2n) is 4.14. The van der Waals surface area contributed by atoms with Gasteiger partial charge in [0.25, 0.3) is 0 Å². The molecule has 0 saturated heterocycles. The molecule has 0 aliphatic heterocycles. The van der Waals surface area contributed by atoms with Crippen LogP contribution in [0.5, 0.6) is 0 Å². The molecule has 1 aromatic carbocycles. The van der Waals surface area contributed by atoms with E-state index >= 15 is 0 Å². The van der Waals surface area contributed by atoms with Crippen LogP contribution in [0.2, 0.25) is 5.02 Å². The molecule has 2 rings (SSSR count). The third kappa shape index (κ3) is 2.98. The summed E-state index contributed by atoms with van der Waals surface area (Å²) in [6.07, 6.45) is 2.64. The van der Waals surface area contributed by atoms with Gasteiger partial charge in [0.1, 0.15) is 0 Å². The third-order valence-electron chi connectivity index (χ3n) is 3.02. The van der Waals surface area contributed by atoms with Crippen molar-refractivity contribution >= 4 is 27.5 Å². The highest BCUT2D eigenvalue weighted by Gasteiger charge is 2.28. The Bertz CT molecular complexity index is 366. The van der Waals surface area contributed by atoms with Gasteiger partial charge in [0, 0.05) is 29.2 Å². The molecule has 0 amide bonds. The Labute approximate surface area is 109 Å². The highest BCUT2D eigenvalue weighted by Crippen LogP contribution is 2.25. The molecule has 1 aromatic rings. The van der Waals surface area contributed by atoms with E-state index in [0.29, 0.717) is 12.1 Å². The van der Waals surface area contributed by atoms with Gasteiger partial charge in [-0.05, 0) is 36.6 Å². The Morgan fingerprint density at radius 3 is 2.94 bits per heavy atom. The van der Waals surface area contributed by atoms with Crippen molar-refractivity contribution < 1.29 is 4.74 Å². The molecule has 0 bridgehead atoms. The van der Waals surface area contributed by atoms with Crippen LogP contribution in [-0.4, -0.2) is 19.3 Å². The molecule has 0 spiro atoms. The van der Waals surface area contributed by atoms with Crippen LogP contribution >= 0.6 is 27.5 Å². The van der Waals surface area contributed by atoms with E-state index in [9.17, 15) is 0 Å². The minimum absolute atomic E-state index is 0.440. The van der Waals surface area contributed by atoms with E-state index in [1.165, 1.54) is 0 Å². The second kappa shape index (κ2) is 5.50. The summed E-state index contributed by atoms with van der Waals surface area (Å²) in [5, 5.41) is 4.30. The normalized spacial score (nSPS) is 24.2. The first kappa shape index (κ1) is 12.4. The van der Waals surface area contributed by atoms with Crippen LogP contribution in [0.3, 0.4) is 0 Å². The molecule has 0 aromatic heterocycles. The quantitative estimate of drug-likeness (QED) is 0.921. The van der Waals surface area contributed by atoms with Gasteiger partial charge in [0.05, 0.1) is 6.10 Å². The summed E-state index contributed by atoms with van der Waals surface area (Å²) in [7, 11) is 1.77. The van der Waals surface area contributed by atoms with Gasteiger partial charge in [-0.1, -0.05) is 27.5 Å². The summed E-state index contributed by atoms with van der Waals surface area (Å²) in [5.74, 6) is 0. The molecule has 16 heavy (non-hydrogen) atoms. The molecule has 1 aliphatic rings. The van der Waals surface area contributed by atoms with E-state index in [1.54, 1.807) is 7.11 Å². The summed E-state index contributed by atoms with van der Waals surface area (Å²) < 4.78 is 6.30. The van der Waals surface area contributed by atoms with Gasteiger partial charge in [0.15, 0.2) is 0 Å². The van der Waals surface area contributed by atoms with E-state index in [2.05, 4.69) is 27.3 Å². The molecule has 1 N–H and O–H groups in total. The van der Waals surface area contributed by atoms with Gasteiger partial charge in [-0.3, -0.25) is 0 Å². The summed E-state index contributed by atoms with van der Waals surface area (Å²) in [6.45, 7) is 0.819. The molecule has 1 aliphatic carbocycles. The summed E-state index contributed by atoms with van der Waals surface area (Å²) in [5.41, 5.74) is 1.14. The Kier molecular flexibility index (Phi) is 4.25. The molecule has 4 heteroatoms. The van der Waals surface area contributed by atoms with Gasteiger partial charge < -0.3 is 10.1 Å². The molecule has 2 nitrogen and oxygen atoms in total. The maximum atomic E-state index is 6.11. The van der Waals surface area contributed by atoms with Crippen LogP contribution in [0.15, 0.2) is 22.7 Å². The van der Waals surface area contributed by atoms with E-state index in [0.717, 1.165) is 34.4 Å². The fraction of sp³-hybridized carbons (Fsp3) is 0.500. The van der Waals surface area contributed by atoms with Crippen molar-refractivity contribution in [3.05, 3.63) is 33.3 Å². The highest BCUT2D eigenvalue weighted by molar-refractivity contribution is 9.10. The summed E-state index contributed by atoms with van der Waals surface area (Å²) in [6, 6.07) is 6.50. The van der Waals surface area contributed by atoms with Crippen LogP contribution in [0.1, 0.15) is 18.4 Å². The van der Waals surface area contributed by atoms with Gasteiger partial charge >= 0.3 is 0 Å². The van der Waals surface area contributed by atoms with Crippen molar-refractivity contribution in [1.82, 2.24) is 5.32 Å². The lowest BCUT2D eigenvalue weighted by Gasteiger charge is -2.34. The Morgan fingerprint density at radius 1 is 1.50 bits per heavy atom. The van der Waals surface area contributed by atoms with E-state index in [4.69, 9.17) is 16.3 Å². The zero-order valence-corrected chi connectivity index (χ0v) is 11.5. The smallest absolute Gasteiger partial charge is 0.0601 e. The SMILES string of the molecule is COC1CC(NCc2cc(Br)ccc2Cl)C1. The minimum Gasteiger partial charge on any atom is -0.381 e. The Hall–Kier alpha value is -0.0900. The standard InChI is InChI=1S/C12H15BrClNO/c1-16-11-5-10(6-11)15-7-8-4-9(13)2-3-12(8)14/h2-4,10-11,15H,5-7H2,1H3. The lowest BCUT2D eigenvalue weighted by Crippen LogP contribution is -2.44. The fourth-order valence-electron chi connectivity index (χ4n) is 1.86. The van der Waals surface area contributed by atoms with Crippen LogP contribution < -0.4 is 5.32 Å². The van der Waals surface area contributed by atoms with E-state index < -0.39 is 0 Å².